The van der Waals surface area contributed by atoms with Crippen LogP contribution in [-0.2, 0) is 13.2 Å². The van der Waals surface area contributed by atoms with E-state index in [2.05, 4.69) is 28.8 Å². The molecule has 0 saturated carbocycles. The zero-order valence-corrected chi connectivity index (χ0v) is 16.7. The van der Waals surface area contributed by atoms with Crippen molar-refractivity contribution in [2.75, 3.05) is 13.7 Å². The van der Waals surface area contributed by atoms with Crippen LogP contribution in [0.4, 0.5) is 0 Å². The predicted octanol–water partition coefficient (Wildman–Crippen LogP) is 3.35. The fraction of sp³-hybridized carbons (Fsp3) is 0.381. The van der Waals surface area contributed by atoms with Crippen molar-refractivity contribution in [3.05, 3.63) is 53.6 Å². The standard InChI is InChI=1S/C21H26N4O3/c1-14(2)19-15(3)23-20(18-11-22-13-25(18)9-10-26)24-21(19)28-12-16-5-7-17(27-4)8-6-16/h5-8,11,13-14,26H,9-10,12H2,1-4H3. The number of aliphatic hydroxyl groups is 1. The minimum absolute atomic E-state index is 0.0211. The molecule has 2 heterocycles. The SMILES string of the molecule is COc1ccc(COc2nc(-c3cncn3CCO)nc(C)c2C(C)C)cc1. The lowest BCUT2D eigenvalue weighted by Crippen LogP contribution is -2.09. The third kappa shape index (κ3) is 4.31. The number of aryl methyl sites for hydroxylation is 1. The van der Waals surface area contributed by atoms with Crippen LogP contribution < -0.4 is 9.47 Å². The molecule has 0 unspecified atom stereocenters. The van der Waals surface area contributed by atoms with E-state index in [9.17, 15) is 5.11 Å². The van der Waals surface area contributed by atoms with Gasteiger partial charge in [-0.3, -0.25) is 0 Å². The number of benzene rings is 1. The molecule has 0 atom stereocenters. The van der Waals surface area contributed by atoms with E-state index in [1.54, 1.807) is 19.6 Å². The normalized spacial score (nSPS) is 11.1. The molecule has 0 radical (unpaired) electrons. The van der Waals surface area contributed by atoms with Crippen molar-refractivity contribution in [1.29, 1.82) is 0 Å². The second-order valence-electron chi connectivity index (χ2n) is 6.84. The summed E-state index contributed by atoms with van der Waals surface area (Å²) in [6, 6.07) is 7.76. The molecule has 2 aromatic heterocycles. The third-order valence-electron chi connectivity index (χ3n) is 4.50. The molecule has 7 heteroatoms. The zero-order valence-electron chi connectivity index (χ0n) is 16.7. The average molecular weight is 382 g/mol. The Labute approximate surface area is 165 Å². The molecular weight excluding hydrogens is 356 g/mol. The van der Waals surface area contributed by atoms with Crippen molar-refractivity contribution >= 4 is 0 Å². The molecule has 0 saturated heterocycles. The Bertz CT molecular complexity index is 920. The monoisotopic (exact) mass is 382 g/mol. The quantitative estimate of drug-likeness (QED) is 0.643. The number of aromatic nitrogens is 4. The van der Waals surface area contributed by atoms with Crippen LogP contribution in [0.5, 0.6) is 11.6 Å². The van der Waals surface area contributed by atoms with E-state index < -0.39 is 0 Å². The smallest absolute Gasteiger partial charge is 0.221 e. The summed E-state index contributed by atoms with van der Waals surface area (Å²) in [4.78, 5) is 13.5. The van der Waals surface area contributed by atoms with Gasteiger partial charge in [0.25, 0.3) is 0 Å². The second-order valence-corrected chi connectivity index (χ2v) is 6.84. The van der Waals surface area contributed by atoms with Gasteiger partial charge in [-0.25, -0.2) is 9.97 Å². The molecule has 0 fully saturated rings. The van der Waals surface area contributed by atoms with Gasteiger partial charge in [-0.05, 0) is 30.5 Å². The highest BCUT2D eigenvalue weighted by molar-refractivity contribution is 5.52. The lowest BCUT2D eigenvalue weighted by atomic mass is 10.0. The highest BCUT2D eigenvalue weighted by Crippen LogP contribution is 2.30. The maximum absolute atomic E-state index is 9.26. The van der Waals surface area contributed by atoms with E-state index in [0.29, 0.717) is 24.9 Å². The lowest BCUT2D eigenvalue weighted by molar-refractivity contribution is 0.276. The van der Waals surface area contributed by atoms with E-state index in [4.69, 9.17) is 9.47 Å². The van der Waals surface area contributed by atoms with Crippen LogP contribution in [0.25, 0.3) is 11.5 Å². The van der Waals surface area contributed by atoms with Crippen molar-refractivity contribution in [3.8, 4) is 23.1 Å². The average Bonchev–Trinajstić information content (AvgIpc) is 3.14. The van der Waals surface area contributed by atoms with Gasteiger partial charge >= 0.3 is 0 Å². The Morgan fingerprint density at radius 1 is 1.14 bits per heavy atom. The Hall–Kier alpha value is -2.93. The maximum atomic E-state index is 9.26. The molecule has 1 N–H and O–H groups in total. The van der Waals surface area contributed by atoms with Crippen molar-refractivity contribution in [1.82, 2.24) is 19.5 Å². The molecule has 0 aliphatic heterocycles. The number of rotatable bonds is 8. The summed E-state index contributed by atoms with van der Waals surface area (Å²) in [6.45, 7) is 7.02. The van der Waals surface area contributed by atoms with Crippen molar-refractivity contribution in [3.63, 3.8) is 0 Å². The van der Waals surface area contributed by atoms with E-state index in [1.807, 2.05) is 35.8 Å². The molecule has 1 aromatic carbocycles. The fourth-order valence-electron chi connectivity index (χ4n) is 3.11. The van der Waals surface area contributed by atoms with E-state index in [-0.39, 0.29) is 12.5 Å². The highest BCUT2D eigenvalue weighted by Gasteiger charge is 2.19. The van der Waals surface area contributed by atoms with Gasteiger partial charge in [0, 0.05) is 17.8 Å². The molecule has 28 heavy (non-hydrogen) atoms. The number of hydrogen-bond donors (Lipinski definition) is 1. The fourth-order valence-corrected chi connectivity index (χ4v) is 3.11. The number of imidazole rings is 1. The number of ether oxygens (including phenoxy) is 2. The molecule has 0 aliphatic carbocycles. The second kappa shape index (κ2) is 8.84. The first-order chi connectivity index (χ1) is 13.5. The summed E-state index contributed by atoms with van der Waals surface area (Å²) in [5.41, 5.74) is 3.65. The van der Waals surface area contributed by atoms with Gasteiger partial charge in [0.1, 0.15) is 18.1 Å². The van der Waals surface area contributed by atoms with Gasteiger partial charge in [0.05, 0.1) is 26.2 Å². The summed E-state index contributed by atoms with van der Waals surface area (Å²) in [6.07, 6.45) is 3.37. The topological polar surface area (TPSA) is 82.3 Å². The number of nitrogens with zero attached hydrogens (tertiary/aromatic N) is 4. The van der Waals surface area contributed by atoms with Crippen molar-refractivity contribution in [2.24, 2.45) is 0 Å². The van der Waals surface area contributed by atoms with Gasteiger partial charge in [-0.2, -0.15) is 4.98 Å². The van der Waals surface area contributed by atoms with Gasteiger partial charge in [-0.1, -0.05) is 26.0 Å². The summed E-state index contributed by atoms with van der Waals surface area (Å²) in [5, 5.41) is 9.26. The summed E-state index contributed by atoms with van der Waals surface area (Å²) in [5.74, 6) is 2.15. The molecule has 7 nitrogen and oxygen atoms in total. The molecule has 3 aromatic rings. The molecular formula is C21H26N4O3. The summed E-state index contributed by atoms with van der Waals surface area (Å²) in [7, 11) is 1.65. The van der Waals surface area contributed by atoms with Gasteiger partial charge in [-0.15, -0.1) is 0 Å². The van der Waals surface area contributed by atoms with Crippen LogP contribution >= 0.6 is 0 Å². The lowest BCUT2D eigenvalue weighted by Gasteiger charge is -2.17. The van der Waals surface area contributed by atoms with Crippen LogP contribution in [0, 0.1) is 6.92 Å². The van der Waals surface area contributed by atoms with Crippen molar-refractivity contribution in [2.45, 2.75) is 39.8 Å². The summed E-state index contributed by atoms with van der Waals surface area (Å²) < 4.78 is 13.1. The van der Waals surface area contributed by atoms with Gasteiger partial charge in [0.2, 0.25) is 5.88 Å². The first kappa shape index (κ1) is 19.8. The van der Waals surface area contributed by atoms with Crippen molar-refractivity contribution < 1.29 is 14.6 Å². The van der Waals surface area contributed by atoms with E-state index in [1.165, 1.54) is 0 Å². The molecule has 148 valence electrons. The number of aliphatic hydroxyl groups excluding tert-OH is 1. The zero-order chi connectivity index (χ0) is 20.1. The maximum Gasteiger partial charge on any atom is 0.221 e. The summed E-state index contributed by atoms with van der Waals surface area (Å²) >= 11 is 0. The number of hydrogen-bond acceptors (Lipinski definition) is 6. The highest BCUT2D eigenvalue weighted by atomic mass is 16.5. The van der Waals surface area contributed by atoms with Crippen LogP contribution in [0.1, 0.15) is 36.6 Å². The first-order valence-corrected chi connectivity index (χ1v) is 9.29. The van der Waals surface area contributed by atoms with Crippen LogP contribution in [0.3, 0.4) is 0 Å². The predicted molar refractivity (Wildman–Crippen MR) is 106 cm³/mol. The van der Waals surface area contributed by atoms with Gasteiger partial charge in [0.15, 0.2) is 5.82 Å². The minimum Gasteiger partial charge on any atom is -0.497 e. The van der Waals surface area contributed by atoms with Crippen LogP contribution in [0.15, 0.2) is 36.8 Å². The molecule has 3 rings (SSSR count). The number of methoxy groups -OCH3 is 1. The van der Waals surface area contributed by atoms with Crippen LogP contribution in [0.2, 0.25) is 0 Å². The Kier molecular flexibility index (Phi) is 6.26. The Morgan fingerprint density at radius 2 is 1.89 bits per heavy atom. The van der Waals surface area contributed by atoms with E-state index >= 15 is 0 Å². The molecule has 0 amide bonds. The minimum atomic E-state index is 0.0211. The van der Waals surface area contributed by atoms with E-state index in [0.717, 1.165) is 28.3 Å². The van der Waals surface area contributed by atoms with Gasteiger partial charge < -0.3 is 19.1 Å². The Morgan fingerprint density at radius 3 is 2.54 bits per heavy atom. The largest absolute Gasteiger partial charge is 0.497 e. The Balaban J connectivity index is 1.93. The molecule has 0 aliphatic rings. The molecule has 0 spiro atoms. The third-order valence-corrected chi connectivity index (χ3v) is 4.50. The molecule has 0 bridgehead atoms. The van der Waals surface area contributed by atoms with Crippen LogP contribution in [-0.4, -0.2) is 38.3 Å². The first-order valence-electron chi connectivity index (χ1n) is 9.29.